The molecule has 0 radical (unpaired) electrons. The minimum atomic E-state index is -0.405. The fourth-order valence-electron chi connectivity index (χ4n) is 3.37. The molecule has 9 nitrogen and oxygen atoms in total. The molecule has 2 amide bonds. The molecule has 1 fully saturated rings. The van der Waals surface area contributed by atoms with Gasteiger partial charge in [0.05, 0.1) is 29.8 Å². The summed E-state index contributed by atoms with van der Waals surface area (Å²) in [6.07, 6.45) is 2.50. The minimum Gasteiger partial charge on any atom is -0.467 e. The highest BCUT2D eigenvalue weighted by atomic mass is 16.3. The van der Waals surface area contributed by atoms with Crippen LogP contribution in [0.1, 0.15) is 24.8 Å². The van der Waals surface area contributed by atoms with Gasteiger partial charge in [0.2, 0.25) is 11.8 Å². The molecule has 0 bridgehead atoms. The Bertz CT molecular complexity index is 955. The summed E-state index contributed by atoms with van der Waals surface area (Å²) in [5.41, 5.74) is 1.56. The molecule has 1 unspecified atom stereocenters. The number of aromatic amines is 1. The summed E-state index contributed by atoms with van der Waals surface area (Å²) in [5.74, 6) is 0.589. The molecule has 26 heavy (non-hydrogen) atoms. The van der Waals surface area contributed by atoms with Gasteiger partial charge in [0.25, 0.3) is 0 Å². The molecule has 3 aromatic heterocycles. The largest absolute Gasteiger partial charge is 0.467 e. The second kappa shape index (κ2) is 6.32. The number of amides is 2. The molecule has 1 atom stereocenters. The number of hydrogen-bond acceptors (Lipinski definition) is 5. The van der Waals surface area contributed by atoms with Crippen LogP contribution in [-0.2, 0) is 29.6 Å². The highest BCUT2D eigenvalue weighted by molar-refractivity contribution is 6.02. The molecule has 2 N–H and O–H groups in total. The number of aryl methyl sites for hydroxylation is 2. The van der Waals surface area contributed by atoms with Crippen LogP contribution in [0.4, 0.5) is 5.82 Å². The lowest BCUT2D eigenvalue weighted by Crippen LogP contribution is -2.28. The highest BCUT2D eigenvalue weighted by Gasteiger charge is 2.35. The lowest BCUT2D eigenvalue weighted by atomic mass is 10.1. The Morgan fingerprint density at radius 1 is 1.50 bits per heavy atom. The first kappa shape index (κ1) is 16.4. The van der Waals surface area contributed by atoms with E-state index < -0.39 is 5.92 Å². The van der Waals surface area contributed by atoms with E-state index in [2.05, 4.69) is 20.6 Å². The third kappa shape index (κ3) is 2.75. The molecular weight excluding hydrogens is 336 g/mol. The third-order valence-corrected chi connectivity index (χ3v) is 4.71. The lowest BCUT2D eigenvalue weighted by Gasteiger charge is -2.14. The zero-order chi connectivity index (χ0) is 18.3. The first-order valence-electron chi connectivity index (χ1n) is 8.57. The summed E-state index contributed by atoms with van der Waals surface area (Å²) in [5, 5.41) is 15.2. The van der Waals surface area contributed by atoms with Crippen LogP contribution in [0.3, 0.4) is 0 Å². The predicted molar refractivity (Wildman–Crippen MR) is 93.1 cm³/mol. The number of hydrogen-bond donors (Lipinski definition) is 2. The van der Waals surface area contributed by atoms with Gasteiger partial charge in [0.1, 0.15) is 11.6 Å². The average Bonchev–Trinajstić information content (AvgIpc) is 3.37. The van der Waals surface area contributed by atoms with Gasteiger partial charge in [-0.1, -0.05) is 6.92 Å². The Balaban J connectivity index is 1.48. The quantitative estimate of drug-likeness (QED) is 0.719. The molecule has 1 saturated heterocycles. The molecule has 4 rings (SSSR count). The molecule has 0 saturated carbocycles. The van der Waals surface area contributed by atoms with Crippen LogP contribution in [0.5, 0.6) is 0 Å². The zero-order valence-electron chi connectivity index (χ0n) is 14.7. The molecular formula is C17H20N6O3. The van der Waals surface area contributed by atoms with E-state index in [0.29, 0.717) is 30.3 Å². The van der Waals surface area contributed by atoms with Gasteiger partial charge in [0, 0.05) is 20.0 Å². The van der Waals surface area contributed by atoms with Crippen molar-refractivity contribution in [3.63, 3.8) is 0 Å². The summed E-state index contributed by atoms with van der Waals surface area (Å²) >= 11 is 0. The van der Waals surface area contributed by atoms with Gasteiger partial charge in [-0.2, -0.15) is 10.2 Å². The van der Waals surface area contributed by atoms with Crippen LogP contribution < -0.4 is 5.32 Å². The fraction of sp³-hybridized carbons (Fsp3) is 0.412. The van der Waals surface area contributed by atoms with Gasteiger partial charge in [0.15, 0.2) is 5.65 Å². The number of nitrogens with zero attached hydrogens (tertiary/aromatic N) is 4. The average molecular weight is 356 g/mol. The molecule has 9 heteroatoms. The Morgan fingerprint density at radius 3 is 3.08 bits per heavy atom. The zero-order valence-corrected chi connectivity index (χ0v) is 14.7. The van der Waals surface area contributed by atoms with Crippen molar-refractivity contribution in [1.29, 1.82) is 0 Å². The number of carbonyl (C=O) groups is 2. The number of carbonyl (C=O) groups excluding carboxylic acids is 2. The van der Waals surface area contributed by atoms with E-state index in [0.717, 1.165) is 17.5 Å². The summed E-state index contributed by atoms with van der Waals surface area (Å²) < 4.78 is 6.97. The van der Waals surface area contributed by atoms with E-state index in [4.69, 9.17) is 4.42 Å². The van der Waals surface area contributed by atoms with Crippen molar-refractivity contribution in [3.05, 3.63) is 29.9 Å². The maximum Gasteiger partial charge on any atom is 0.230 e. The molecule has 1 aliphatic rings. The monoisotopic (exact) mass is 356 g/mol. The second-order valence-corrected chi connectivity index (χ2v) is 6.46. The SMILES string of the molecule is CCc1nn(C)c2n[nH]c(NC(=O)C3CC(=O)N(Cc4ccco4)C3)c12. The molecule has 136 valence electrons. The number of furan rings is 1. The van der Waals surface area contributed by atoms with E-state index >= 15 is 0 Å². The molecule has 1 aliphatic heterocycles. The topological polar surface area (TPSA) is 109 Å². The van der Waals surface area contributed by atoms with Gasteiger partial charge < -0.3 is 14.6 Å². The minimum absolute atomic E-state index is 0.0491. The molecule has 4 heterocycles. The van der Waals surface area contributed by atoms with Crippen molar-refractivity contribution in [2.24, 2.45) is 13.0 Å². The van der Waals surface area contributed by atoms with E-state index in [1.54, 1.807) is 21.9 Å². The number of fused-ring (bicyclic) bond motifs is 1. The second-order valence-electron chi connectivity index (χ2n) is 6.46. The molecule has 0 spiro atoms. The van der Waals surface area contributed by atoms with Crippen molar-refractivity contribution in [1.82, 2.24) is 24.9 Å². The molecule has 3 aromatic rings. The fourth-order valence-corrected chi connectivity index (χ4v) is 3.37. The maximum absolute atomic E-state index is 12.7. The van der Waals surface area contributed by atoms with Crippen LogP contribution in [0, 0.1) is 5.92 Å². The van der Waals surface area contributed by atoms with Crippen LogP contribution in [0.2, 0.25) is 0 Å². The van der Waals surface area contributed by atoms with Crippen LogP contribution >= 0.6 is 0 Å². The van der Waals surface area contributed by atoms with E-state index in [1.165, 1.54) is 0 Å². The van der Waals surface area contributed by atoms with Crippen LogP contribution in [0.25, 0.3) is 11.0 Å². The Kier molecular flexibility index (Phi) is 3.98. The summed E-state index contributed by atoms with van der Waals surface area (Å²) in [4.78, 5) is 26.5. The Hall–Kier alpha value is -3.10. The van der Waals surface area contributed by atoms with Crippen LogP contribution in [-0.4, -0.2) is 43.2 Å². The first-order valence-corrected chi connectivity index (χ1v) is 8.57. The van der Waals surface area contributed by atoms with Crippen molar-refractivity contribution in [2.75, 3.05) is 11.9 Å². The highest BCUT2D eigenvalue weighted by Crippen LogP contribution is 2.26. The number of likely N-dealkylation sites (tertiary alicyclic amines) is 1. The van der Waals surface area contributed by atoms with Crippen molar-refractivity contribution >= 4 is 28.7 Å². The van der Waals surface area contributed by atoms with Crippen molar-refractivity contribution < 1.29 is 14.0 Å². The number of H-pyrrole nitrogens is 1. The maximum atomic E-state index is 12.7. The smallest absolute Gasteiger partial charge is 0.230 e. The van der Waals surface area contributed by atoms with Gasteiger partial charge in [-0.05, 0) is 18.6 Å². The van der Waals surface area contributed by atoms with Crippen molar-refractivity contribution in [2.45, 2.75) is 26.3 Å². The molecule has 0 aromatic carbocycles. The Labute approximate surface area is 149 Å². The van der Waals surface area contributed by atoms with Gasteiger partial charge in [-0.25, -0.2) is 4.68 Å². The number of aromatic nitrogens is 4. The standard InChI is InChI=1S/C17H20N6O3/c1-3-12-14-15(19-20-16(14)22(2)21-12)18-17(25)10-7-13(24)23(8-10)9-11-5-4-6-26-11/h4-6,10H,3,7-9H2,1-2H3,(H2,18,19,20,25). The summed E-state index contributed by atoms with van der Waals surface area (Å²) in [6.45, 7) is 2.76. The van der Waals surface area contributed by atoms with Gasteiger partial charge >= 0.3 is 0 Å². The number of anilines is 1. The normalized spacial score (nSPS) is 17.4. The number of nitrogens with one attached hydrogen (secondary N) is 2. The lowest BCUT2D eigenvalue weighted by molar-refractivity contribution is -0.128. The van der Waals surface area contributed by atoms with E-state index in [-0.39, 0.29) is 18.2 Å². The van der Waals surface area contributed by atoms with E-state index in [9.17, 15) is 9.59 Å². The summed E-state index contributed by atoms with van der Waals surface area (Å²) in [7, 11) is 1.82. The third-order valence-electron chi connectivity index (χ3n) is 4.71. The van der Waals surface area contributed by atoms with Gasteiger partial charge in [-0.3, -0.25) is 14.7 Å². The van der Waals surface area contributed by atoms with Crippen LogP contribution in [0.15, 0.2) is 22.8 Å². The van der Waals surface area contributed by atoms with Gasteiger partial charge in [-0.15, -0.1) is 0 Å². The molecule has 0 aliphatic carbocycles. The summed E-state index contributed by atoms with van der Waals surface area (Å²) in [6, 6.07) is 3.60. The van der Waals surface area contributed by atoms with E-state index in [1.807, 2.05) is 20.0 Å². The first-order chi connectivity index (χ1) is 12.6. The number of rotatable bonds is 5. The van der Waals surface area contributed by atoms with Crippen molar-refractivity contribution in [3.8, 4) is 0 Å². The Morgan fingerprint density at radius 2 is 2.35 bits per heavy atom. The predicted octanol–water partition coefficient (Wildman–Crippen LogP) is 1.44.